The molecule has 1 fully saturated rings. The molecular formula is C14H15Cl2F3O. The summed E-state index contributed by atoms with van der Waals surface area (Å²) in [5, 5.41) is 11.0. The minimum absolute atomic E-state index is 0.0759. The van der Waals surface area contributed by atoms with E-state index in [0.29, 0.717) is 28.5 Å². The first kappa shape index (κ1) is 15.9. The van der Waals surface area contributed by atoms with Gasteiger partial charge < -0.3 is 5.11 Å². The fraction of sp³-hybridized carbons (Fsp3) is 0.571. The molecule has 1 atom stereocenters. The third kappa shape index (κ3) is 3.60. The first-order chi connectivity index (χ1) is 9.29. The van der Waals surface area contributed by atoms with Crippen molar-refractivity contribution in [1.29, 1.82) is 0 Å². The van der Waals surface area contributed by atoms with E-state index < -0.39 is 18.2 Å². The molecular weight excluding hydrogens is 312 g/mol. The molecule has 2 rings (SSSR count). The average Bonchev–Trinajstić information content (AvgIpc) is 2.40. The molecule has 1 aliphatic rings. The molecule has 1 aromatic rings. The zero-order chi connectivity index (χ0) is 14.9. The van der Waals surface area contributed by atoms with Crippen LogP contribution in [0.5, 0.6) is 0 Å². The van der Waals surface area contributed by atoms with E-state index in [-0.39, 0.29) is 18.8 Å². The van der Waals surface area contributed by atoms with Crippen LogP contribution in [-0.4, -0.2) is 11.3 Å². The lowest BCUT2D eigenvalue weighted by Gasteiger charge is -2.32. The number of alkyl halides is 3. The summed E-state index contributed by atoms with van der Waals surface area (Å²) < 4.78 is 37.8. The molecule has 0 aromatic heterocycles. The van der Waals surface area contributed by atoms with Gasteiger partial charge in [0.1, 0.15) is 0 Å². The van der Waals surface area contributed by atoms with Gasteiger partial charge in [-0.1, -0.05) is 29.3 Å². The van der Waals surface area contributed by atoms with E-state index >= 15 is 0 Å². The minimum atomic E-state index is -4.13. The van der Waals surface area contributed by atoms with E-state index in [4.69, 9.17) is 23.2 Å². The molecule has 0 spiro atoms. The summed E-state index contributed by atoms with van der Waals surface area (Å²) in [6.45, 7) is 0. The number of halogens is 5. The molecule has 1 unspecified atom stereocenters. The quantitative estimate of drug-likeness (QED) is 0.771. The fourth-order valence-electron chi connectivity index (χ4n) is 2.73. The zero-order valence-electron chi connectivity index (χ0n) is 10.6. The maximum atomic E-state index is 12.6. The van der Waals surface area contributed by atoms with Crippen molar-refractivity contribution in [2.24, 2.45) is 11.8 Å². The maximum absolute atomic E-state index is 12.6. The van der Waals surface area contributed by atoms with Crippen LogP contribution in [0.15, 0.2) is 18.2 Å². The number of aliphatic hydroxyl groups is 1. The highest BCUT2D eigenvalue weighted by Crippen LogP contribution is 2.43. The Bertz CT molecular complexity index is 468. The Kier molecular flexibility index (Phi) is 4.88. The van der Waals surface area contributed by atoms with E-state index in [2.05, 4.69) is 0 Å². The van der Waals surface area contributed by atoms with Crippen molar-refractivity contribution >= 4 is 23.2 Å². The maximum Gasteiger partial charge on any atom is 0.391 e. The molecule has 1 nitrogen and oxygen atoms in total. The van der Waals surface area contributed by atoms with Gasteiger partial charge in [0.25, 0.3) is 0 Å². The Morgan fingerprint density at radius 3 is 2.15 bits per heavy atom. The van der Waals surface area contributed by atoms with Crippen LogP contribution in [0.1, 0.15) is 37.4 Å². The monoisotopic (exact) mass is 326 g/mol. The Hall–Kier alpha value is -0.450. The van der Waals surface area contributed by atoms with Crippen LogP contribution in [0.4, 0.5) is 13.2 Å². The molecule has 0 amide bonds. The third-order valence-corrected chi connectivity index (χ3v) is 4.71. The lowest BCUT2D eigenvalue weighted by Crippen LogP contribution is -2.29. The fourth-order valence-corrected chi connectivity index (χ4v) is 3.04. The van der Waals surface area contributed by atoms with Gasteiger partial charge in [0.05, 0.1) is 22.1 Å². The normalized spacial score (nSPS) is 25.5. The number of hydrogen-bond acceptors (Lipinski definition) is 1. The molecule has 1 aliphatic carbocycles. The number of hydrogen-bond donors (Lipinski definition) is 1. The molecule has 1 saturated carbocycles. The summed E-state index contributed by atoms with van der Waals surface area (Å²) >= 11 is 11.7. The molecule has 0 aliphatic heterocycles. The summed E-state index contributed by atoms with van der Waals surface area (Å²) in [7, 11) is 0. The number of benzene rings is 1. The van der Waals surface area contributed by atoms with Gasteiger partial charge in [0, 0.05) is 0 Å². The first-order valence-corrected chi connectivity index (χ1v) is 7.24. The second-order valence-electron chi connectivity index (χ2n) is 5.27. The lowest BCUT2D eigenvalue weighted by molar-refractivity contribution is -0.185. The smallest absolute Gasteiger partial charge is 0.388 e. The molecule has 0 bridgehead atoms. The molecule has 0 heterocycles. The van der Waals surface area contributed by atoms with Crippen LogP contribution in [0.25, 0.3) is 0 Å². The topological polar surface area (TPSA) is 20.2 Å². The average molecular weight is 327 g/mol. The second-order valence-corrected chi connectivity index (χ2v) is 6.09. The van der Waals surface area contributed by atoms with E-state index in [1.165, 1.54) is 0 Å². The molecule has 112 valence electrons. The van der Waals surface area contributed by atoms with Crippen molar-refractivity contribution < 1.29 is 18.3 Å². The predicted molar refractivity (Wildman–Crippen MR) is 72.9 cm³/mol. The SMILES string of the molecule is OC(c1ccc(Cl)c(Cl)c1)C1CCC(C(F)(F)F)CC1. The Balaban J connectivity index is 2.01. The van der Waals surface area contributed by atoms with Gasteiger partial charge in [-0.25, -0.2) is 0 Å². The van der Waals surface area contributed by atoms with Crippen molar-refractivity contribution in [3.8, 4) is 0 Å². The highest BCUT2D eigenvalue weighted by molar-refractivity contribution is 6.42. The lowest BCUT2D eigenvalue weighted by atomic mass is 9.77. The van der Waals surface area contributed by atoms with Gasteiger partial charge >= 0.3 is 6.18 Å². The van der Waals surface area contributed by atoms with Crippen LogP contribution < -0.4 is 0 Å². The molecule has 1 N–H and O–H groups in total. The van der Waals surface area contributed by atoms with E-state index in [0.717, 1.165) is 0 Å². The van der Waals surface area contributed by atoms with E-state index in [1.807, 2.05) is 0 Å². The van der Waals surface area contributed by atoms with Crippen molar-refractivity contribution in [3.05, 3.63) is 33.8 Å². The molecule has 0 saturated heterocycles. The van der Waals surface area contributed by atoms with Crippen LogP contribution in [-0.2, 0) is 0 Å². The predicted octanol–water partition coefficient (Wildman–Crippen LogP) is 5.40. The molecule has 6 heteroatoms. The number of aliphatic hydroxyl groups excluding tert-OH is 1. The standard InChI is InChI=1S/C14H15Cl2F3O/c15-11-6-3-9(7-12(11)16)13(20)8-1-4-10(5-2-8)14(17,18)19/h3,6-8,10,13,20H,1-2,4-5H2. The molecule has 20 heavy (non-hydrogen) atoms. The van der Waals surface area contributed by atoms with E-state index in [9.17, 15) is 18.3 Å². The van der Waals surface area contributed by atoms with Gasteiger partial charge in [-0.2, -0.15) is 13.2 Å². The Morgan fingerprint density at radius 1 is 1.05 bits per heavy atom. The van der Waals surface area contributed by atoms with Crippen LogP contribution >= 0.6 is 23.2 Å². The Labute approximate surface area is 125 Å². The minimum Gasteiger partial charge on any atom is -0.388 e. The van der Waals surface area contributed by atoms with Gasteiger partial charge in [0.15, 0.2) is 0 Å². The summed E-state index contributed by atoms with van der Waals surface area (Å²) in [4.78, 5) is 0. The highest BCUT2D eigenvalue weighted by Gasteiger charge is 2.42. The molecule has 1 aromatic carbocycles. The summed E-state index contributed by atoms with van der Waals surface area (Å²) in [6, 6.07) is 4.82. The van der Waals surface area contributed by atoms with Crippen molar-refractivity contribution in [1.82, 2.24) is 0 Å². The summed E-state index contributed by atoms with van der Waals surface area (Å²) in [5.74, 6) is -1.40. The van der Waals surface area contributed by atoms with Crippen molar-refractivity contribution in [2.45, 2.75) is 38.0 Å². The summed E-state index contributed by atoms with van der Waals surface area (Å²) in [5.41, 5.74) is 0.606. The summed E-state index contributed by atoms with van der Waals surface area (Å²) in [6.07, 6.45) is -4.03. The third-order valence-electron chi connectivity index (χ3n) is 3.97. The van der Waals surface area contributed by atoms with Crippen LogP contribution in [0.2, 0.25) is 10.0 Å². The Morgan fingerprint density at radius 2 is 1.65 bits per heavy atom. The zero-order valence-corrected chi connectivity index (χ0v) is 12.1. The van der Waals surface area contributed by atoms with Crippen molar-refractivity contribution in [2.75, 3.05) is 0 Å². The van der Waals surface area contributed by atoms with Crippen LogP contribution in [0, 0.1) is 11.8 Å². The second kappa shape index (κ2) is 6.12. The first-order valence-electron chi connectivity index (χ1n) is 6.48. The van der Waals surface area contributed by atoms with E-state index in [1.54, 1.807) is 18.2 Å². The van der Waals surface area contributed by atoms with Gasteiger partial charge in [-0.3, -0.25) is 0 Å². The largest absolute Gasteiger partial charge is 0.391 e. The number of rotatable bonds is 2. The molecule has 0 radical (unpaired) electrons. The van der Waals surface area contributed by atoms with Gasteiger partial charge in [0.2, 0.25) is 0 Å². The van der Waals surface area contributed by atoms with Crippen LogP contribution in [0.3, 0.4) is 0 Å². The van der Waals surface area contributed by atoms with Gasteiger partial charge in [-0.05, 0) is 49.3 Å². The highest BCUT2D eigenvalue weighted by atomic mass is 35.5. The van der Waals surface area contributed by atoms with Crippen molar-refractivity contribution in [3.63, 3.8) is 0 Å². The van der Waals surface area contributed by atoms with Gasteiger partial charge in [-0.15, -0.1) is 0 Å².